The second kappa shape index (κ2) is 3.67. The van der Waals surface area contributed by atoms with Crippen molar-refractivity contribution in [2.45, 2.75) is 0 Å². The number of phenolic OH excluding ortho intramolecular Hbond substituents is 1. The summed E-state index contributed by atoms with van der Waals surface area (Å²) in [5, 5.41) is 9.35. The molecule has 0 saturated heterocycles. The molecule has 0 amide bonds. The lowest BCUT2D eigenvalue weighted by atomic mass is 10.3. The minimum absolute atomic E-state index is 0. The summed E-state index contributed by atoms with van der Waals surface area (Å²) in [7, 11) is 0. The Morgan fingerprint density at radius 3 is 2.86 bits per heavy atom. The molecule has 74 valence electrons. The first-order chi connectivity index (χ1) is 6.18. The fraction of sp³-hybridized carbons (Fsp3) is 0. The van der Waals surface area contributed by atoms with E-state index in [2.05, 4.69) is 9.97 Å². The van der Waals surface area contributed by atoms with E-state index in [1.54, 1.807) is 12.1 Å². The summed E-state index contributed by atoms with van der Waals surface area (Å²) in [6.07, 6.45) is 0. The van der Waals surface area contributed by atoms with Crippen LogP contribution >= 0.6 is 17.0 Å². The van der Waals surface area contributed by atoms with E-state index >= 15 is 0 Å². The van der Waals surface area contributed by atoms with Gasteiger partial charge in [0, 0.05) is 0 Å². The third kappa shape index (κ3) is 1.56. The number of H-pyrrole nitrogens is 1. The van der Waals surface area contributed by atoms with Gasteiger partial charge in [0.2, 0.25) is 0 Å². The number of hydrogen-bond acceptors (Lipinski definition) is 4. The zero-order valence-electron chi connectivity index (χ0n) is 7.02. The van der Waals surface area contributed by atoms with Crippen LogP contribution in [0.15, 0.2) is 23.0 Å². The monoisotopic (exact) mass is 257 g/mol. The molecule has 4 N–H and O–H groups in total. The van der Waals surface area contributed by atoms with Crippen molar-refractivity contribution < 1.29 is 5.11 Å². The maximum atomic E-state index is 11.0. The van der Waals surface area contributed by atoms with Gasteiger partial charge in [-0.15, -0.1) is 17.0 Å². The summed E-state index contributed by atoms with van der Waals surface area (Å²) in [4.78, 5) is 17.3. The summed E-state index contributed by atoms with van der Waals surface area (Å²) in [5.74, 6) is -0.144. The molecule has 2 aromatic rings. The molecule has 5 nitrogen and oxygen atoms in total. The van der Waals surface area contributed by atoms with Gasteiger partial charge in [-0.25, -0.2) is 4.98 Å². The average Bonchev–Trinajstić information content (AvgIpc) is 2.09. The normalized spacial score (nSPS) is 9.71. The lowest BCUT2D eigenvalue weighted by Crippen LogP contribution is -2.13. The Hall–Kier alpha value is -1.56. The molecule has 0 saturated carbocycles. The van der Waals surface area contributed by atoms with Crippen LogP contribution in [0.25, 0.3) is 11.0 Å². The van der Waals surface area contributed by atoms with Gasteiger partial charge in [-0.1, -0.05) is 6.07 Å². The molecular weight excluding hydrogens is 250 g/mol. The topological polar surface area (TPSA) is 92.0 Å². The highest BCUT2D eigenvalue weighted by molar-refractivity contribution is 8.93. The number of nitrogens with zero attached hydrogens (tertiary/aromatic N) is 1. The lowest BCUT2D eigenvalue weighted by Gasteiger charge is -1.99. The molecule has 0 aliphatic heterocycles. The Kier molecular flexibility index (Phi) is 2.76. The fourth-order valence-corrected chi connectivity index (χ4v) is 1.11. The standard InChI is InChI=1S/C8H7N3O2.BrH/c9-7-8(13)10-4-2-1-3-5(12)6(4)11-7;/h1-3,12H,(H2,9,11)(H,10,13);1H. The SMILES string of the molecule is Br.Nc1nc2c(O)cccc2[nH]c1=O. The van der Waals surface area contributed by atoms with E-state index in [-0.39, 0.29) is 28.5 Å². The maximum absolute atomic E-state index is 11.0. The third-order valence-electron chi connectivity index (χ3n) is 1.73. The van der Waals surface area contributed by atoms with Crippen molar-refractivity contribution in [1.29, 1.82) is 0 Å². The molecule has 14 heavy (non-hydrogen) atoms. The second-order valence-corrected chi connectivity index (χ2v) is 2.62. The van der Waals surface area contributed by atoms with E-state index in [4.69, 9.17) is 5.73 Å². The van der Waals surface area contributed by atoms with Gasteiger partial charge in [-0.2, -0.15) is 0 Å². The molecule has 1 aromatic heterocycles. The van der Waals surface area contributed by atoms with Crippen molar-refractivity contribution in [3.05, 3.63) is 28.6 Å². The van der Waals surface area contributed by atoms with E-state index in [9.17, 15) is 9.90 Å². The van der Waals surface area contributed by atoms with Gasteiger partial charge in [0.25, 0.3) is 5.56 Å². The first-order valence-corrected chi connectivity index (χ1v) is 3.66. The zero-order valence-corrected chi connectivity index (χ0v) is 8.73. The number of halogens is 1. The molecule has 0 unspecified atom stereocenters. The van der Waals surface area contributed by atoms with Crippen molar-refractivity contribution in [3.8, 4) is 5.75 Å². The van der Waals surface area contributed by atoms with Crippen LogP contribution in [0.2, 0.25) is 0 Å². The maximum Gasteiger partial charge on any atom is 0.290 e. The molecule has 1 aromatic carbocycles. The van der Waals surface area contributed by atoms with E-state index in [0.29, 0.717) is 11.0 Å². The smallest absolute Gasteiger partial charge is 0.290 e. The summed E-state index contributed by atoms with van der Waals surface area (Å²) in [5.41, 5.74) is 5.62. The number of aromatic hydroxyl groups is 1. The van der Waals surface area contributed by atoms with Crippen molar-refractivity contribution >= 4 is 33.8 Å². The van der Waals surface area contributed by atoms with Crippen molar-refractivity contribution in [2.24, 2.45) is 0 Å². The molecule has 0 bridgehead atoms. The number of phenols is 1. The number of nitrogens with two attached hydrogens (primary N) is 1. The highest BCUT2D eigenvalue weighted by atomic mass is 79.9. The van der Waals surface area contributed by atoms with Crippen LogP contribution in [-0.4, -0.2) is 15.1 Å². The molecule has 0 spiro atoms. The van der Waals surface area contributed by atoms with Gasteiger partial charge in [0.05, 0.1) is 5.52 Å². The highest BCUT2D eigenvalue weighted by Gasteiger charge is 2.03. The second-order valence-electron chi connectivity index (χ2n) is 2.62. The predicted molar refractivity (Wildman–Crippen MR) is 58.8 cm³/mol. The minimum atomic E-state index is -0.446. The molecule has 6 heteroatoms. The number of para-hydroxylation sites is 1. The van der Waals surface area contributed by atoms with Gasteiger partial charge in [-0.05, 0) is 12.1 Å². The number of rotatable bonds is 0. The van der Waals surface area contributed by atoms with Crippen LogP contribution in [0.1, 0.15) is 0 Å². The molecule has 1 heterocycles. The van der Waals surface area contributed by atoms with E-state index in [0.717, 1.165) is 0 Å². The zero-order chi connectivity index (χ0) is 9.42. The Balaban J connectivity index is 0.000000980. The predicted octanol–water partition coefficient (Wildman–Crippen LogP) is 0.789. The quantitative estimate of drug-likeness (QED) is 0.651. The van der Waals surface area contributed by atoms with Crippen LogP contribution in [0, 0.1) is 0 Å². The molecule has 0 aliphatic rings. The van der Waals surface area contributed by atoms with E-state index in [1.165, 1.54) is 6.07 Å². The summed E-state index contributed by atoms with van der Waals surface area (Å²) >= 11 is 0. The first kappa shape index (κ1) is 10.5. The Bertz CT molecular complexity index is 523. The lowest BCUT2D eigenvalue weighted by molar-refractivity contribution is 0.480. The van der Waals surface area contributed by atoms with Crippen LogP contribution in [0.5, 0.6) is 5.75 Å². The largest absolute Gasteiger partial charge is 0.506 e. The summed E-state index contributed by atoms with van der Waals surface area (Å²) < 4.78 is 0. The number of nitrogens with one attached hydrogen (secondary N) is 1. The molecule has 0 aliphatic carbocycles. The number of nitrogen functional groups attached to an aromatic ring is 1. The number of aromatic amines is 1. The van der Waals surface area contributed by atoms with Crippen molar-refractivity contribution in [3.63, 3.8) is 0 Å². The van der Waals surface area contributed by atoms with Crippen LogP contribution in [0.4, 0.5) is 5.82 Å². The number of benzene rings is 1. The Morgan fingerprint density at radius 1 is 1.43 bits per heavy atom. The first-order valence-electron chi connectivity index (χ1n) is 3.66. The molecular formula is C8H8BrN3O2. The average molecular weight is 258 g/mol. The number of aromatic nitrogens is 2. The molecule has 0 atom stereocenters. The van der Waals surface area contributed by atoms with Crippen LogP contribution in [-0.2, 0) is 0 Å². The van der Waals surface area contributed by atoms with E-state index in [1.807, 2.05) is 0 Å². The van der Waals surface area contributed by atoms with Crippen molar-refractivity contribution in [2.75, 3.05) is 5.73 Å². The molecule has 0 fully saturated rings. The third-order valence-corrected chi connectivity index (χ3v) is 1.73. The molecule has 0 radical (unpaired) electrons. The number of fused-ring (bicyclic) bond motifs is 1. The van der Waals surface area contributed by atoms with Gasteiger partial charge in [-0.3, -0.25) is 4.79 Å². The van der Waals surface area contributed by atoms with Crippen LogP contribution < -0.4 is 11.3 Å². The van der Waals surface area contributed by atoms with Gasteiger partial charge in [0.15, 0.2) is 5.82 Å². The van der Waals surface area contributed by atoms with Crippen molar-refractivity contribution in [1.82, 2.24) is 9.97 Å². The number of hydrogen-bond donors (Lipinski definition) is 3. The highest BCUT2D eigenvalue weighted by Crippen LogP contribution is 2.19. The van der Waals surface area contributed by atoms with Gasteiger partial charge < -0.3 is 15.8 Å². The number of anilines is 1. The van der Waals surface area contributed by atoms with Gasteiger partial charge >= 0.3 is 0 Å². The Labute approximate surface area is 89.4 Å². The van der Waals surface area contributed by atoms with Crippen LogP contribution in [0.3, 0.4) is 0 Å². The molecule has 2 rings (SSSR count). The fourth-order valence-electron chi connectivity index (χ4n) is 1.11. The summed E-state index contributed by atoms with van der Waals surface area (Å²) in [6.45, 7) is 0. The Morgan fingerprint density at radius 2 is 2.14 bits per heavy atom. The minimum Gasteiger partial charge on any atom is -0.506 e. The van der Waals surface area contributed by atoms with Gasteiger partial charge in [0.1, 0.15) is 11.3 Å². The summed E-state index contributed by atoms with van der Waals surface area (Å²) in [6, 6.07) is 4.74. The van der Waals surface area contributed by atoms with E-state index < -0.39 is 5.56 Å².